The van der Waals surface area contributed by atoms with Crippen molar-refractivity contribution < 1.29 is 18.7 Å². The SMILES string of the molecule is CC(C)NC(=O)[C@@H](C)OC(=O)c1ccc(F)cc1Br. The van der Waals surface area contributed by atoms with Gasteiger partial charge in [-0.2, -0.15) is 0 Å². The number of carbonyl (C=O) groups excluding carboxylic acids is 2. The highest BCUT2D eigenvalue weighted by molar-refractivity contribution is 9.10. The van der Waals surface area contributed by atoms with Crippen molar-refractivity contribution >= 4 is 27.8 Å². The standard InChI is InChI=1S/C13H15BrFNO3/c1-7(2)16-12(17)8(3)19-13(18)10-5-4-9(15)6-11(10)14/h4-8H,1-3H3,(H,16,17)/t8-/m1/s1. The summed E-state index contributed by atoms with van der Waals surface area (Å²) in [5, 5.41) is 2.64. The second kappa shape index (κ2) is 6.65. The van der Waals surface area contributed by atoms with Gasteiger partial charge < -0.3 is 10.1 Å². The van der Waals surface area contributed by atoms with E-state index in [1.54, 1.807) is 0 Å². The summed E-state index contributed by atoms with van der Waals surface area (Å²) in [6, 6.07) is 3.58. The molecule has 1 atom stereocenters. The molecular formula is C13H15BrFNO3. The minimum absolute atomic E-state index is 0.0359. The third kappa shape index (κ3) is 4.63. The van der Waals surface area contributed by atoms with Crippen molar-refractivity contribution in [3.63, 3.8) is 0 Å². The Balaban J connectivity index is 2.71. The molecule has 6 heteroatoms. The molecule has 1 aromatic rings. The predicted octanol–water partition coefficient (Wildman–Crippen LogP) is 2.66. The maximum atomic E-state index is 12.9. The number of ether oxygens (including phenoxy) is 1. The van der Waals surface area contributed by atoms with Crippen molar-refractivity contribution in [2.75, 3.05) is 0 Å². The van der Waals surface area contributed by atoms with Crippen molar-refractivity contribution in [3.8, 4) is 0 Å². The lowest BCUT2D eigenvalue weighted by Gasteiger charge is -2.15. The molecular weight excluding hydrogens is 317 g/mol. The van der Waals surface area contributed by atoms with Gasteiger partial charge in [-0.05, 0) is 54.9 Å². The van der Waals surface area contributed by atoms with Crippen molar-refractivity contribution in [2.45, 2.75) is 32.9 Å². The Kier molecular flexibility index (Phi) is 5.47. The van der Waals surface area contributed by atoms with Gasteiger partial charge in [-0.3, -0.25) is 4.79 Å². The van der Waals surface area contributed by atoms with Gasteiger partial charge in [-0.1, -0.05) is 0 Å². The fourth-order valence-electron chi connectivity index (χ4n) is 1.33. The number of esters is 1. The van der Waals surface area contributed by atoms with Crippen LogP contribution in [-0.4, -0.2) is 24.0 Å². The lowest BCUT2D eigenvalue weighted by atomic mass is 10.2. The summed E-state index contributed by atoms with van der Waals surface area (Å²) >= 11 is 3.07. The number of halogens is 2. The number of amides is 1. The normalized spacial score (nSPS) is 12.1. The second-order valence-corrected chi connectivity index (χ2v) is 5.19. The molecule has 0 saturated heterocycles. The Morgan fingerprint density at radius 3 is 2.47 bits per heavy atom. The smallest absolute Gasteiger partial charge is 0.340 e. The first-order valence-corrected chi connectivity index (χ1v) is 6.57. The van der Waals surface area contributed by atoms with Crippen molar-refractivity contribution in [1.29, 1.82) is 0 Å². The molecule has 1 rings (SSSR count). The van der Waals surface area contributed by atoms with E-state index in [0.29, 0.717) is 0 Å². The minimum atomic E-state index is -0.910. The number of benzene rings is 1. The summed E-state index contributed by atoms with van der Waals surface area (Å²) in [5.41, 5.74) is 0.172. The molecule has 1 amide bonds. The van der Waals surface area contributed by atoms with E-state index in [-0.39, 0.29) is 22.0 Å². The molecule has 0 unspecified atom stereocenters. The minimum Gasteiger partial charge on any atom is -0.449 e. The van der Waals surface area contributed by atoms with E-state index in [1.807, 2.05) is 13.8 Å². The van der Waals surface area contributed by atoms with Gasteiger partial charge in [-0.15, -0.1) is 0 Å². The summed E-state index contributed by atoms with van der Waals surface area (Å²) in [4.78, 5) is 23.4. The van der Waals surface area contributed by atoms with Crippen LogP contribution in [0.2, 0.25) is 0 Å². The molecule has 0 aromatic heterocycles. The highest BCUT2D eigenvalue weighted by atomic mass is 79.9. The van der Waals surface area contributed by atoms with E-state index in [2.05, 4.69) is 21.2 Å². The summed E-state index contributed by atoms with van der Waals surface area (Å²) in [5.74, 6) is -1.52. The molecule has 0 bridgehead atoms. The van der Waals surface area contributed by atoms with E-state index < -0.39 is 17.9 Å². The van der Waals surface area contributed by atoms with Gasteiger partial charge >= 0.3 is 5.97 Å². The summed E-state index contributed by atoms with van der Waals surface area (Å²) in [6.07, 6.45) is -0.910. The molecule has 0 aliphatic heterocycles. The van der Waals surface area contributed by atoms with Crippen molar-refractivity contribution in [3.05, 3.63) is 34.1 Å². The number of hydrogen-bond donors (Lipinski definition) is 1. The van der Waals surface area contributed by atoms with Crippen LogP contribution in [0.3, 0.4) is 0 Å². The van der Waals surface area contributed by atoms with Crippen LogP contribution in [0.15, 0.2) is 22.7 Å². The van der Waals surface area contributed by atoms with Crippen LogP contribution in [0.25, 0.3) is 0 Å². The van der Waals surface area contributed by atoms with Crippen LogP contribution >= 0.6 is 15.9 Å². The monoisotopic (exact) mass is 331 g/mol. The second-order valence-electron chi connectivity index (χ2n) is 4.33. The average Bonchev–Trinajstić information content (AvgIpc) is 2.27. The number of nitrogens with one attached hydrogen (secondary N) is 1. The van der Waals surface area contributed by atoms with E-state index in [0.717, 1.165) is 12.1 Å². The Bertz CT molecular complexity index is 491. The summed E-state index contributed by atoms with van der Waals surface area (Å²) in [6.45, 7) is 5.10. The zero-order valence-corrected chi connectivity index (χ0v) is 12.5. The summed E-state index contributed by atoms with van der Waals surface area (Å²) < 4.78 is 18.2. The molecule has 1 N–H and O–H groups in total. The van der Waals surface area contributed by atoms with E-state index in [9.17, 15) is 14.0 Å². The highest BCUT2D eigenvalue weighted by Crippen LogP contribution is 2.19. The molecule has 104 valence electrons. The zero-order valence-electron chi connectivity index (χ0n) is 10.9. The Hall–Kier alpha value is -1.43. The zero-order chi connectivity index (χ0) is 14.6. The molecule has 4 nitrogen and oxygen atoms in total. The average molecular weight is 332 g/mol. The lowest BCUT2D eigenvalue weighted by Crippen LogP contribution is -2.39. The van der Waals surface area contributed by atoms with Crippen LogP contribution in [0.1, 0.15) is 31.1 Å². The van der Waals surface area contributed by atoms with Crippen molar-refractivity contribution in [1.82, 2.24) is 5.32 Å². The largest absolute Gasteiger partial charge is 0.449 e. The predicted molar refractivity (Wildman–Crippen MR) is 72.3 cm³/mol. The maximum Gasteiger partial charge on any atom is 0.340 e. The highest BCUT2D eigenvalue weighted by Gasteiger charge is 2.20. The lowest BCUT2D eigenvalue weighted by molar-refractivity contribution is -0.129. The van der Waals surface area contributed by atoms with Crippen LogP contribution in [-0.2, 0) is 9.53 Å². The molecule has 1 aromatic carbocycles. The number of hydrogen-bond acceptors (Lipinski definition) is 3. The molecule has 0 saturated carbocycles. The van der Waals surface area contributed by atoms with Gasteiger partial charge in [-0.25, -0.2) is 9.18 Å². The van der Waals surface area contributed by atoms with Crippen LogP contribution in [0.5, 0.6) is 0 Å². The topological polar surface area (TPSA) is 55.4 Å². The quantitative estimate of drug-likeness (QED) is 0.863. The molecule has 0 heterocycles. The fraction of sp³-hybridized carbons (Fsp3) is 0.385. The third-order valence-electron chi connectivity index (χ3n) is 2.24. The van der Waals surface area contributed by atoms with Crippen LogP contribution in [0, 0.1) is 5.82 Å². The molecule has 0 aliphatic rings. The van der Waals surface area contributed by atoms with Crippen LogP contribution in [0.4, 0.5) is 4.39 Å². The number of rotatable bonds is 4. The van der Waals surface area contributed by atoms with Gasteiger partial charge in [0.2, 0.25) is 0 Å². The van der Waals surface area contributed by atoms with E-state index in [1.165, 1.54) is 13.0 Å². The van der Waals surface area contributed by atoms with Gasteiger partial charge in [0.1, 0.15) is 5.82 Å². The van der Waals surface area contributed by atoms with Gasteiger partial charge in [0.05, 0.1) is 5.56 Å². The molecule has 0 spiro atoms. The van der Waals surface area contributed by atoms with Gasteiger partial charge in [0.15, 0.2) is 6.10 Å². The first kappa shape index (κ1) is 15.6. The molecule has 0 aliphatic carbocycles. The Morgan fingerprint density at radius 2 is 1.95 bits per heavy atom. The maximum absolute atomic E-state index is 12.9. The Morgan fingerprint density at radius 1 is 1.32 bits per heavy atom. The van der Waals surface area contributed by atoms with E-state index in [4.69, 9.17) is 4.74 Å². The fourth-order valence-corrected chi connectivity index (χ4v) is 1.85. The third-order valence-corrected chi connectivity index (χ3v) is 2.89. The molecule has 0 radical (unpaired) electrons. The first-order valence-electron chi connectivity index (χ1n) is 5.77. The first-order chi connectivity index (χ1) is 8.81. The van der Waals surface area contributed by atoms with Gasteiger partial charge in [0, 0.05) is 10.5 Å². The van der Waals surface area contributed by atoms with Gasteiger partial charge in [0.25, 0.3) is 5.91 Å². The number of carbonyl (C=O) groups is 2. The molecule has 0 fully saturated rings. The summed E-state index contributed by atoms with van der Waals surface area (Å²) in [7, 11) is 0. The molecule has 19 heavy (non-hydrogen) atoms. The van der Waals surface area contributed by atoms with Crippen molar-refractivity contribution in [2.24, 2.45) is 0 Å². The Labute approximate surface area is 119 Å². The van der Waals surface area contributed by atoms with E-state index >= 15 is 0 Å². The van der Waals surface area contributed by atoms with Crippen LogP contribution < -0.4 is 5.32 Å².